The van der Waals surface area contributed by atoms with Crippen LogP contribution >= 0.6 is 24.8 Å². The van der Waals surface area contributed by atoms with Gasteiger partial charge in [0.05, 0.1) is 6.33 Å². The molecule has 0 aliphatic heterocycles. The van der Waals surface area contributed by atoms with Gasteiger partial charge in [0.1, 0.15) is 0 Å². The van der Waals surface area contributed by atoms with Crippen molar-refractivity contribution >= 4 is 24.8 Å². The van der Waals surface area contributed by atoms with Crippen LogP contribution in [0.3, 0.4) is 0 Å². The van der Waals surface area contributed by atoms with Crippen LogP contribution in [0.2, 0.25) is 0 Å². The molecular formula is C5H16Cl2N4. The molecule has 0 radical (unpaired) electrons. The second-order valence-electron chi connectivity index (χ2n) is 0.761. The van der Waals surface area contributed by atoms with Gasteiger partial charge in [-0.25, -0.2) is 4.98 Å². The van der Waals surface area contributed by atoms with Crippen LogP contribution in [0.25, 0.3) is 0 Å². The van der Waals surface area contributed by atoms with E-state index in [2.05, 4.69) is 21.4 Å². The van der Waals surface area contributed by atoms with Crippen molar-refractivity contribution < 1.29 is 0 Å². The predicted molar refractivity (Wildman–Crippen MR) is 53.3 cm³/mol. The van der Waals surface area contributed by atoms with Crippen LogP contribution < -0.4 is 11.5 Å². The van der Waals surface area contributed by atoms with Gasteiger partial charge in [-0.05, 0) is 14.1 Å². The quantitative estimate of drug-likeness (QED) is 0.571. The summed E-state index contributed by atoms with van der Waals surface area (Å²) in [6.45, 7) is 0. The van der Waals surface area contributed by atoms with E-state index in [4.69, 9.17) is 0 Å². The summed E-state index contributed by atoms with van der Waals surface area (Å²) in [6.07, 6.45) is 5.08. The normalized spacial score (nSPS) is 4.73. The topological polar surface area (TPSA) is 80.7 Å². The van der Waals surface area contributed by atoms with Crippen LogP contribution in [-0.4, -0.2) is 24.1 Å². The number of rotatable bonds is 0. The highest BCUT2D eigenvalue weighted by Gasteiger charge is 1.56. The number of hydrogen-bond acceptors (Lipinski definition) is 3. The Balaban J connectivity index is -0.0000000369. The van der Waals surface area contributed by atoms with Crippen LogP contribution in [0.5, 0.6) is 0 Å². The van der Waals surface area contributed by atoms with Crippen molar-refractivity contribution in [3.63, 3.8) is 0 Å². The standard InChI is InChI=1S/C3H4N2.2CH5N.2ClH/c1-2-5-3-4-1;2*1-2;;/h1-3H,(H,4,5);2*2H2,1H3;2*1H. The third kappa shape index (κ3) is 26.0. The maximum absolute atomic E-state index is 4.50. The van der Waals surface area contributed by atoms with Gasteiger partial charge in [-0.1, -0.05) is 0 Å². The lowest BCUT2D eigenvalue weighted by Gasteiger charge is -1.46. The summed E-state index contributed by atoms with van der Waals surface area (Å²) < 4.78 is 0. The van der Waals surface area contributed by atoms with Crippen molar-refractivity contribution in [1.82, 2.24) is 9.97 Å². The molecule has 70 valence electrons. The first-order valence-electron chi connectivity index (χ1n) is 2.58. The highest BCUT2D eigenvalue weighted by molar-refractivity contribution is 5.85. The predicted octanol–water partition coefficient (Wildman–Crippen LogP) is 0.403. The maximum atomic E-state index is 4.50. The zero-order chi connectivity index (χ0) is 7.54. The number of nitrogens with zero attached hydrogens (tertiary/aromatic N) is 1. The highest BCUT2D eigenvalue weighted by atomic mass is 35.5. The molecule has 1 rings (SSSR count). The molecular weight excluding hydrogens is 187 g/mol. The lowest BCUT2D eigenvalue weighted by molar-refractivity contribution is 1.31. The largest absolute Gasteiger partial charge is 0.351 e. The Morgan fingerprint density at radius 1 is 1.09 bits per heavy atom. The maximum Gasteiger partial charge on any atom is 0.0919 e. The Morgan fingerprint density at radius 2 is 1.55 bits per heavy atom. The summed E-state index contributed by atoms with van der Waals surface area (Å²) in [5.41, 5.74) is 9.00. The van der Waals surface area contributed by atoms with Gasteiger partial charge in [0, 0.05) is 12.4 Å². The third-order valence-electron chi connectivity index (χ3n) is 0.406. The summed E-state index contributed by atoms with van der Waals surface area (Å²) in [5, 5.41) is 0. The summed E-state index contributed by atoms with van der Waals surface area (Å²) in [4.78, 5) is 6.42. The first-order chi connectivity index (χ1) is 4.50. The van der Waals surface area contributed by atoms with Crippen LogP contribution in [0.4, 0.5) is 0 Å². The third-order valence-corrected chi connectivity index (χ3v) is 0.406. The molecule has 4 nitrogen and oxygen atoms in total. The summed E-state index contributed by atoms with van der Waals surface area (Å²) in [7, 11) is 3.00. The fraction of sp³-hybridized carbons (Fsp3) is 0.400. The molecule has 0 aliphatic rings. The molecule has 0 fully saturated rings. The lowest BCUT2D eigenvalue weighted by Crippen LogP contribution is -1.69. The summed E-state index contributed by atoms with van der Waals surface area (Å²) >= 11 is 0. The van der Waals surface area contributed by atoms with Gasteiger partial charge >= 0.3 is 0 Å². The van der Waals surface area contributed by atoms with E-state index in [1.54, 1.807) is 18.7 Å². The lowest BCUT2D eigenvalue weighted by atomic mass is 11.0. The molecule has 0 unspecified atom stereocenters. The highest BCUT2D eigenvalue weighted by Crippen LogP contribution is 1.62. The van der Waals surface area contributed by atoms with E-state index < -0.39 is 0 Å². The minimum absolute atomic E-state index is 0. The molecule has 1 aromatic rings. The molecule has 6 heteroatoms. The van der Waals surface area contributed by atoms with Gasteiger partial charge in [0.15, 0.2) is 0 Å². The molecule has 0 amide bonds. The van der Waals surface area contributed by atoms with Crippen LogP contribution in [0, 0.1) is 0 Å². The first kappa shape index (κ1) is 22.4. The Kier molecular flexibility index (Phi) is 67.7. The molecule has 11 heavy (non-hydrogen) atoms. The molecule has 1 aromatic heterocycles. The first-order valence-corrected chi connectivity index (χ1v) is 2.58. The molecule has 0 aromatic carbocycles. The van der Waals surface area contributed by atoms with Crippen molar-refractivity contribution in [3.05, 3.63) is 18.7 Å². The fourth-order valence-electron chi connectivity index (χ4n) is 0.215. The monoisotopic (exact) mass is 202 g/mol. The van der Waals surface area contributed by atoms with E-state index >= 15 is 0 Å². The Labute approximate surface area is 79.6 Å². The number of aromatic amines is 1. The summed E-state index contributed by atoms with van der Waals surface area (Å²) in [6, 6.07) is 0. The Hall–Kier alpha value is -0.290. The zero-order valence-electron chi connectivity index (χ0n) is 6.65. The van der Waals surface area contributed by atoms with Crippen LogP contribution in [0.1, 0.15) is 0 Å². The molecule has 0 saturated heterocycles. The van der Waals surface area contributed by atoms with Crippen molar-refractivity contribution in [3.8, 4) is 0 Å². The van der Waals surface area contributed by atoms with Crippen molar-refractivity contribution in [2.45, 2.75) is 0 Å². The van der Waals surface area contributed by atoms with Gasteiger partial charge in [0.2, 0.25) is 0 Å². The zero-order valence-corrected chi connectivity index (χ0v) is 8.28. The summed E-state index contributed by atoms with van der Waals surface area (Å²) in [5.74, 6) is 0. The number of halogens is 2. The van der Waals surface area contributed by atoms with Gasteiger partial charge in [0.25, 0.3) is 0 Å². The van der Waals surface area contributed by atoms with Gasteiger partial charge in [-0.15, -0.1) is 24.8 Å². The van der Waals surface area contributed by atoms with E-state index in [9.17, 15) is 0 Å². The van der Waals surface area contributed by atoms with Crippen LogP contribution in [0.15, 0.2) is 18.7 Å². The van der Waals surface area contributed by atoms with Crippen molar-refractivity contribution in [1.29, 1.82) is 0 Å². The van der Waals surface area contributed by atoms with E-state index in [0.717, 1.165) is 0 Å². The number of hydrogen-bond donors (Lipinski definition) is 3. The number of imidazole rings is 1. The molecule has 0 atom stereocenters. The average Bonchev–Trinajstić information content (AvgIpc) is 2.51. The van der Waals surface area contributed by atoms with Gasteiger partial charge in [-0.3, -0.25) is 0 Å². The van der Waals surface area contributed by atoms with Gasteiger partial charge in [-0.2, -0.15) is 0 Å². The number of aromatic nitrogens is 2. The minimum atomic E-state index is 0. The average molecular weight is 203 g/mol. The Bertz CT molecular complexity index is 73.0. The minimum Gasteiger partial charge on any atom is -0.351 e. The van der Waals surface area contributed by atoms with Crippen molar-refractivity contribution in [2.24, 2.45) is 11.5 Å². The number of nitrogens with two attached hydrogens (primary N) is 2. The molecule has 0 aliphatic carbocycles. The smallest absolute Gasteiger partial charge is 0.0919 e. The second kappa shape index (κ2) is 33.2. The number of H-pyrrole nitrogens is 1. The van der Waals surface area contributed by atoms with Crippen molar-refractivity contribution in [2.75, 3.05) is 14.1 Å². The second-order valence-corrected chi connectivity index (χ2v) is 0.761. The van der Waals surface area contributed by atoms with E-state index in [1.807, 2.05) is 0 Å². The number of nitrogens with one attached hydrogen (secondary N) is 1. The van der Waals surface area contributed by atoms with E-state index in [0.29, 0.717) is 0 Å². The van der Waals surface area contributed by atoms with Gasteiger partial charge < -0.3 is 16.5 Å². The molecule has 0 bridgehead atoms. The van der Waals surface area contributed by atoms with E-state index in [-0.39, 0.29) is 24.8 Å². The SMILES string of the molecule is CN.CN.Cl.Cl.c1c[nH]cn1. The van der Waals surface area contributed by atoms with Crippen LogP contribution in [-0.2, 0) is 0 Å². The molecule has 0 spiro atoms. The molecule has 5 N–H and O–H groups in total. The molecule has 1 heterocycles. The molecule has 0 saturated carbocycles. The van der Waals surface area contributed by atoms with E-state index in [1.165, 1.54) is 14.1 Å². The Morgan fingerprint density at radius 3 is 1.64 bits per heavy atom. The fourth-order valence-corrected chi connectivity index (χ4v) is 0.215.